The lowest BCUT2D eigenvalue weighted by molar-refractivity contribution is -0.124. The second kappa shape index (κ2) is 13.3. The van der Waals surface area contributed by atoms with E-state index >= 15 is 0 Å². The van der Waals surface area contributed by atoms with Crippen LogP contribution in [0.5, 0.6) is 0 Å². The van der Waals surface area contributed by atoms with Gasteiger partial charge < -0.3 is 0 Å². The van der Waals surface area contributed by atoms with E-state index in [9.17, 15) is 19.2 Å². The first-order chi connectivity index (χ1) is 22.4. The maximum atomic E-state index is 13.5. The number of benzene rings is 3. The smallest absolute Gasteiger partial charge is 0.251 e. The maximum absolute atomic E-state index is 13.5. The summed E-state index contributed by atoms with van der Waals surface area (Å²) in [4.78, 5) is 60.1. The Balaban J connectivity index is 0.940. The maximum Gasteiger partial charge on any atom is 0.251 e. The lowest BCUT2D eigenvalue weighted by Crippen LogP contribution is -2.46. The van der Waals surface area contributed by atoms with Crippen LogP contribution >= 0.6 is 0 Å². The summed E-state index contributed by atoms with van der Waals surface area (Å²) in [6.07, 6.45) is 6.46. The zero-order chi connectivity index (χ0) is 31.6. The molecule has 4 fully saturated rings. The predicted octanol–water partition coefficient (Wildman–Crippen LogP) is 4.86. The highest BCUT2D eigenvalue weighted by Crippen LogP contribution is 2.33. The van der Waals surface area contributed by atoms with Crippen molar-refractivity contribution in [1.82, 2.24) is 9.80 Å². The van der Waals surface area contributed by atoms with Crippen LogP contribution in [0.15, 0.2) is 84.9 Å². The molecule has 3 aromatic rings. The van der Waals surface area contributed by atoms with E-state index in [1.807, 2.05) is 12.1 Å². The van der Waals surface area contributed by atoms with Crippen LogP contribution in [-0.4, -0.2) is 71.7 Å². The van der Waals surface area contributed by atoms with Gasteiger partial charge in [-0.3, -0.25) is 29.0 Å². The van der Waals surface area contributed by atoms with E-state index in [2.05, 4.69) is 58.3 Å². The highest BCUT2D eigenvalue weighted by atomic mass is 16.2. The average Bonchev–Trinajstić information content (AvgIpc) is 3.55. The quantitative estimate of drug-likeness (QED) is 0.336. The second-order valence-electron chi connectivity index (χ2n) is 13.4. The van der Waals surface area contributed by atoms with Crippen LogP contribution in [0.1, 0.15) is 49.7 Å². The van der Waals surface area contributed by atoms with Gasteiger partial charge in [-0.2, -0.15) is 0 Å². The number of amides is 4. The minimum absolute atomic E-state index is 0.177. The molecule has 4 aliphatic heterocycles. The van der Waals surface area contributed by atoms with Gasteiger partial charge in [-0.1, -0.05) is 60.7 Å². The van der Waals surface area contributed by atoms with Gasteiger partial charge in [0.1, 0.15) is 0 Å². The van der Waals surface area contributed by atoms with Crippen molar-refractivity contribution in [3.63, 3.8) is 0 Å². The summed E-state index contributed by atoms with van der Waals surface area (Å²) in [5.41, 5.74) is 3.65. The number of hydrogen-bond donors (Lipinski definition) is 0. The number of carbonyl (C=O) groups is 4. The van der Waals surface area contributed by atoms with E-state index in [-0.39, 0.29) is 36.5 Å². The number of hydrogen-bond acceptors (Lipinski definition) is 6. The molecule has 8 nitrogen and oxygen atoms in total. The van der Waals surface area contributed by atoms with Gasteiger partial charge in [0.2, 0.25) is 11.8 Å². The van der Waals surface area contributed by atoms with E-state index in [0.29, 0.717) is 23.2 Å². The Morgan fingerprint density at radius 3 is 1.17 bits per heavy atom. The summed E-state index contributed by atoms with van der Waals surface area (Å²) >= 11 is 0. The van der Waals surface area contributed by atoms with E-state index in [1.165, 1.54) is 20.9 Å². The van der Waals surface area contributed by atoms with Gasteiger partial charge in [-0.05, 0) is 112 Å². The number of likely N-dealkylation sites (tertiary alicyclic amines) is 2. The third-order valence-corrected chi connectivity index (χ3v) is 10.5. The molecule has 46 heavy (non-hydrogen) atoms. The van der Waals surface area contributed by atoms with Crippen LogP contribution in [0.4, 0.5) is 11.4 Å². The van der Waals surface area contributed by atoms with Gasteiger partial charge in [0.15, 0.2) is 0 Å². The minimum atomic E-state index is -0.441. The second-order valence-corrected chi connectivity index (χ2v) is 13.4. The van der Waals surface area contributed by atoms with Crippen LogP contribution in [0.2, 0.25) is 0 Å². The number of anilines is 2. The van der Waals surface area contributed by atoms with Crippen LogP contribution < -0.4 is 9.80 Å². The molecule has 0 spiro atoms. The number of rotatable bonds is 8. The summed E-state index contributed by atoms with van der Waals surface area (Å²) in [5, 5.41) is 0. The molecule has 3 aromatic carbocycles. The van der Waals surface area contributed by atoms with Gasteiger partial charge in [0, 0.05) is 0 Å². The van der Waals surface area contributed by atoms with Crippen LogP contribution in [0, 0.1) is 11.8 Å². The highest BCUT2D eigenvalue weighted by Gasteiger charge is 2.45. The molecule has 0 N–H and O–H groups in total. The molecular formula is C38H42N4O4. The van der Waals surface area contributed by atoms with Gasteiger partial charge in [-0.15, -0.1) is 0 Å². The third kappa shape index (κ3) is 6.29. The Hall–Kier alpha value is -4.14. The van der Waals surface area contributed by atoms with Crippen molar-refractivity contribution in [3.05, 3.63) is 96.1 Å². The van der Waals surface area contributed by atoms with Crippen molar-refractivity contribution in [1.29, 1.82) is 0 Å². The highest BCUT2D eigenvalue weighted by molar-refractivity contribution is 6.24. The summed E-state index contributed by atoms with van der Waals surface area (Å²) < 4.78 is 0. The molecule has 0 saturated carbocycles. The van der Waals surface area contributed by atoms with Gasteiger partial charge in [-0.25, -0.2) is 9.80 Å². The molecule has 0 bridgehead atoms. The number of imide groups is 2. The standard InChI is InChI=1S/C38H42N4O4/c43-35-25-33(39-19-15-29(16-20-39)23-27-7-3-1-4-8-27)37(45)41(35)31-11-13-32(14-12-31)42-36(44)26-34(38(42)46)40-21-17-30(18-22-40)24-28-9-5-2-6-10-28/h1-14,29-30,33-34H,15-26H2/t33-,34-/m1/s1. The topological polar surface area (TPSA) is 81.2 Å². The average molecular weight is 619 g/mol. The fraction of sp³-hybridized carbons (Fsp3) is 0.421. The summed E-state index contributed by atoms with van der Waals surface area (Å²) in [6, 6.07) is 26.9. The molecule has 7 rings (SSSR count). The molecule has 4 saturated heterocycles. The fourth-order valence-electron chi connectivity index (χ4n) is 7.93. The number of piperidine rings is 2. The first-order valence-corrected chi connectivity index (χ1v) is 16.8. The molecule has 238 valence electrons. The molecule has 0 aliphatic carbocycles. The van der Waals surface area contributed by atoms with Crippen molar-refractivity contribution >= 4 is 35.0 Å². The monoisotopic (exact) mass is 618 g/mol. The van der Waals surface area contributed by atoms with E-state index in [4.69, 9.17) is 0 Å². The first kappa shape index (κ1) is 30.5. The van der Waals surface area contributed by atoms with Crippen molar-refractivity contribution in [2.75, 3.05) is 36.0 Å². The molecule has 4 heterocycles. The lowest BCUT2D eigenvalue weighted by atomic mass is 9.89. The van der Waals surface area contributed by atoms with Gasteiger partial charge >= 0.3 is 0 Å². The Morgan fingerprint density at radius 1 is 0.478 bits per heavy atom. The van der Waals surface area contributed by atoms with Crippen molar-refractivity contribution in [2.45, 2.75) is 63.5 Å². The molecule has 2 atom stereocenters. The van der Waals surface area contributed by atoms with Gasteiger partial charge in [0.25, 0.3) is 11.8 Å². The Labute approximate surface area is 271 Å². The Morgan fingerprint density at radius 2 is 0.826 bits per heavy atom. The number of carbonyl (C=O) groups excluding carboxylic acids is 4. The summed E-state index contributed by atoms with van der Waals surface area (Å²) in [7, 11) is 0. The molecule has 0 radical (unpaired) electrons. The first-order valence-electron chi connectivity index (χ1n) is 16.8. The summed E-state index contributed by atoms with van der Waals surface area (Å²) in [5.74, 6) is 0.358. The van der Waals surface area contributed by atoms with Crippen LogP contribution in [0.3, 0.4) is 0 Å². The molecule has 0 aromatic heterocycles. The summed E-state index contributed by atoms with van der Waals surface area (Å²) in [6.45, 7) is 3.22. The lowest BCUT2D eigenvalue weighted by Gasteiger charge is -2.35. The minimum Gasteiger partial charge on any atom is -0.292 e. The largest absolute Gasteiger partial charge is 0.292 e. The fourth-order valence-corrected chi connectivity index (χ4v) is 7.93. The van der Waals surface area contributed by atoms with Crippen LogP contribution in [0.25, 0.3) is 0 Å². The van der Waals surface area contributed by atoms with Crippen molar-refractivity contribution in [2.24, 2.45) is 11.8 Å². The van der Waals surface area contributed by atoms with Crippen molar-refractivity contribution < 1.29 is 19.2 Å². The third-order valence-electron chi connectivity index (χ3n) is 10.5. The Bertz CT molecular complexity index is 1440. The molecule has 4 aliphatic rings. The molecular weight excluding hydrogens is 576 g/mol. The van der Waals surface area contributed by atoms with E-state index in [1.54, 1.807) is 24.3 Å². The van der Waals surface area contributed by atoms with Crippen LogP contribution in [-0.2, 0) is 32.0 Å². The molecule has 0 unspecified atom stereocenters. The Kier molecular flexibility index (Phi) is 8.82. The van der Waals surface area contributed by atoms with Gasteiger partial charge in [0.05, 0.1) is 36.3 Å². The molecule has 4 amide bonds. The van der Waals surface area contributed by atoms with E-state index in [0.717, 1.165) is 64.7 Å². The van der Waals surface area contributed by atoms with E-state index < -0.39 is 12.1 Å². The SMILES string of the molecule is O=C1C[C@@H](N2CCC(Cc3ccccc3)CC2)C(=O)N1c1ccc(N2C(=O)C[C@@H](N3CCC(Cc4ccccc4)CC3)C2=O)cc1. The number of nitrogens with zero attached hydrogens (tertiary/aromatic N) is 4. The normalized spacial score (nSPS) is 24.0. The zero-order valence-electron chi connectivity index (χ0n) is 26.3. The molecule has 8 heteroatoms. The van der Waals surface area contributed by atoms with Crippen molar-refractivity contribution in [3.8, 4) is 0 Å². The zero-order valence-corrected chi connectivity index (χ0v) is 26.3. The predicted molar refractivity (Wildman–Crippen MR) is 177 cm³/mol.